The highest BCUT2D eigenvalue weighted by atomic mass is 32.1. The first-order valence-corrected chi connectivity index (χ1v) is 8.39. The van der Waals surface area contributed by atoms with Crippen LogP contribution in [-0.2, 0) is 6.42 Å². The zero-order valence-electron chi connectivity index (χ0n) is 12.6. The molecular weight excluding hydrogens is 278 g/mol. The largest absolute Gasteiger partial charge is 0.469 e. The van der Waals surface area contributed by atoms with Gasteiger partial charge < -0.3 is 9.73 Å². The highest BCUT2D eigenvalue weighted by Gasteiger charge is 2.16. The second-order valence-electron chi connectivity index (χ2n) is 5.46. The van der Waals surface area contributed by atoms with E-state index in [0.717, 1.165) is 25.1 Å². The minimum Gasteiger partial charge on any atom is -0.469 e. The van der Waals surface area contributed by atoms with Crippen LogP contribution in [0.2, 0.25) is 0 Å². The molecule has 3 heteroatoms. The summed E-state index contributed by atoms with van der Waals surface area (Å²) in [5.74, 6) is 0.975. The molecule has 0 amide bonds. The lowest BCUT2D eigenvalue weighted by Crippen LogP contribution is -2.23. The van der Waals surface area contributed by atoms with Crippen LogP contribution < -0.4 is 5.32 Å². The third-order valence-corrected chi connectivity index (χ3v) is 4.79. The Kier molecular flexibility index (Phi) is 4.42. The first-order valence-electron chi connectivity index (χ1n) is 7.51. The number of nitrogens with one attached hydrogen (secondary N) is 1. The van der Waals surface area contributed by atoms with Crippen LogP contribution >= 0.6 is 11.3 Å². The molecule has 0 aliphatic carbocycles. The maximum atomic E-state index is 5.49. The van der Waals surface area contributed by atoms with Crippen molar-refractivity contribution in [3.63, 3.8) is 0 Å². The summed E-state index contributed by atoms with van der Waals surface area (Å²) in [5.41, 5.74) is 2.67. The van der Waals surface area contributed by atoms with E-state index in [9.17, 15) is 0 Å². The van der Waals surface area contributed by atoms with Gasteiger partial charge in [-0.3, -0.25) is 0 Å². The van der Waals surface area contributed by atoms with Gasteiger partial charge in [-0.2, -0.15) is 0 Å². The molecular formula is C18H21NOS. The Morgan fingerprint density at radius 3 is 2.90 bits per heavy atom. The molecule has 0 saturated heterocycles. The van der Waals surface area contributed by atoms with Crippen molar-refractivity contribution in [3.05, 3.63) is 58.9 Å². The summed E-state index contributed by atoms with van der Waals surface area (Å²) in [4.78, 5) is 0. The van der Waals surface area contributed by atoms with E-state index in [-0.39, 0.29) is 0 Å². The molecule has 3 rings (SSSR count). The second-order valence-corrected chi connectivity index (χ2v) is 6.37. The van der Waals surface area contributed by atoms with Crippen LogP contribution in [0.5, 0.6) is 0 Å². The Hall–Kier alpha value is -1.58. The van der Waals surface area contributed by atoms with Gasteiger partial charge in [-0.25, -0.2) is 0 Å². The van der Waals surface area contributed by atoms with Crippen LogP contribution in [-0.4, -0.2) is 6.54 Å². The van der Waals surface area contributed by atoms with Gasteiger partial charge in [0.2, 0.25) is 0 Å². The maximum Gasteiger partial charge on any atom is 0.101 e. The van der Waals surface area contributed by atoms with Gasteiger partial charge >= 0.3 is 0 Å². The molecule has 0 radical (unpaired) electrons. The van der Waals surface area contributed by atoms with Gasteiger partial charge in [0.05, 0.1) is 6.26 Å². The molecule has 0 bridgehead atoms. The fourth-order valence-electron chi connectivity index (χ4n) is 2.68. The van der Waals surface area contributed by atoms with Crippen LogP contribution in [0.3, 0.4) is 0 Å². The Morgan fingerprint density at radius 1 is 1.29 bits per heavy atom. The van der Waals surface area contributed by atoms with Crippen LogP contribution in [0.25, 0.3) is 10.1 Å². The fraction of sp³-hybridized carbons (Fsp3) is 0.333. The third-order valence-electron chi connectivity index (χ3n) is 3.78. The lowest BCUT2D eigenvalue weighted by atomic mass is 10.00. The number of rotatable bonds is 6. The molecule has 0 spiro atoms. The summed E-state index contributed by atoms with van der Waals surface area (Å²) in [7, 11) is 0. The summed E-state index contributed by atoms with van der Waals surface area (Å²) in [6.07, 6.45) is 4.03. The van der Waals surface area contributed by atoms with Crippen molar-refractivity contribution in [2.24, 2.45) is 0 Å². The molecule has 0 aliphatic heterocycles. The predicted octanol–water partition coefficient (Wildman–Crippen LogP) is 5.09. The minimum atomic E-state index is 0.320. The quantitative estimate of drug-likeness (QED) is 0.686. The van der Waals surface area contributed by atoms with Crippen molar-refractivity contribution >= 4 is 21.4 Å². The molecule has 1 N–H and O–H groups in total. The molecule has 0 fully saturated rings. The third kappa shape index (κ3) is 3.20. The van der Waals surface area contributed by atoms with Crippen molar-refractivity contribution in [1.29, 1.82) is 0 Å². The van der Waals surface area contributed by atoms with Crippen molar-refractivity contribution < 1.29 is 4.42 Å². The van der Waals surface area contributed by atoms with Gasteiger partial charge in [-0.15, -0.1) is 11.3 Å². The van der Waals surface area contributed by atoms with Crippen LogP contribution in [0.1, 0.15) is 36.3 Å². The number of hydrogen-bond donors (Lipinski definition) is 1. The molecule has 0 aliphatic rings. The number of fused-ring (bicyclic) bond motifs is 1. The lowest BCUT2D eigenvalue weighted by Gasteiger charge is -2.16. The molecule has 1 atom stereocenters. The molecule has 2 nitrogen and oxygen atoms in total. The number of thiophene rings is 1. The molecule has 2 heterocycles. The summed E-state index contributed by atoms with van der Waals surface area (Å²) >= 11 is 1.83. The van der Waals surface area contributed by atoms with Crippen molar-refractivity contribution in [2.75, 3.05) is 6.54 Å². The van der Waals surface area contributed by atoms with Crippen molar-refractivity contribution in [1.82, 2.24) is 5.32 Å². The minimum absolute atomic E-state index is 0.320. The van der Waals surface area contributed by atoms with Gasteiger partial charge in [0.25, 0.3) is 0 Å². The Morgan fingerprint density at radius 2 is 2.14 bits per heavy atom. The highest BCUT2D eigenvalue weighted by molar-refractivity contribution is 7.17. The smallest absolute Gasteiger partial charge is 0.101 e. The molecule has 1 unspecified atom stereocenters. The normalized spacial score (nSPS) is 12.9. The zero-order chi connectivity index (χ0) is 14.7. The van der Waals surface area contributed by atoms with E-state index >= 15 is 0 Å². The molecule has 2 aromatic heterocycles. The average Bonchev–Trinajstić information content (AvgIpc) is 3.10. The van der Waals surface area contributed by atoms with E-state index in [1.54, 1.807) is 0 Å². The molecule has 110 valence electrons. The van der Waals surface area contributed by atoms with Gasteiger partial charge in [0, 0.05) is 16.3 Å². The molecule has 21 heavy (non-hydrogen) atoms. The topological polar surface area (TPSA) is 25.2 Å². The highest BCUT2D eigenvalue weighted by Crippen LogP contribution is 2.30. The summed E-state index contributed by atoms with van der Waals surface area (Å²) in [6.45, 7) is 5.22. The molecule has 0 saturated carbocycles. The van der Waals surface area contributed by atoms with Crippen LogP contribution in [0.4, 0.5) is 0 Å². The number of benzene rings is 1. The number of hydrogen-bond acceptors (Lipinski definition) is 3. The number of aryl methyl sites for hydroxylation is 1. The number of furan rings is 1. The van der Waals surface area contributed by atoms with Crippen LogP contribution in [0, 0.1) is 6.92 Å². The fourth-order valence-corrected chi connectivity index (χ4v) is 3.66. The Labute approximate surface area is 129 Å². The second kappa shape index (κ2) is 6.46. The Bertz CT molecular complexity index is 713. The van der Waals surface area contributed by atoms with Gasteiger partial charge in [-0.1, -0.05) is 25.1 Å². The standard InChI is InChI=1S/C18H21NOS/c1-3-8-19-17(14-9-13(2)20-11-14)10-15-12-21-18-7-5-4-6-16(15)18/h4-7,9,11-12,17,19H,3,8,10H2,1-2H3. The molecule has 1 aromatic carbocycles. The van der Waals surface area contributed by atoms with Gasteiger partial charge in [-0.05, 0) is 54.8 Å². The molecule has 3 aromatic rings. The van der Waals surface area contributed by atoms with E-state index in [4.69, 9.17) is 4.42 Å². The average molecular weight is 299 g/mol. The summed E-state index contributed by atoms with van der Waals surface area (Å²) < 4.78 is 6.86. The monoisotopic (exact) mass is 299 g/mol. The summed E-state index contributed by atoms with van der Waals surface area (Å²) in [5, 5.41) is 7.32. The van der Waals surface area contributed by atoms with E-state index in [1.165, 1.54) is 21.2 Å². The van der Waals surface area contributed by atoms with Gasteiger partial charge in [0.15, 0.2) is 0 Å². The Balaban J connectivity index is 1.87. The summed E-state index contributed by atoms with van der Waals surface area (Å²) in [6, 6.07) is 11.1. The van der Waals surface area contributed by atoms with Crippen LogP contribution in [0.15, 0.2) is 46.4 Å². The first-order chi connectivity index (χ1) is 10.3. The van der Waals surface area contributed by atoms with E-state index in [0.29, 0.717) is 6.04 Å². The van der Waals surface area contributed by atoms with Gasteiger partial charge in [0.1, 0.15) is 5.76 Å². The van der Waals surface area contributed by atoms with E-state index in [2.05, 4.69) is 48.0 Å². The van der Waals surface area contributed by atoms with Crippen molar-refractivity contribution in [3.8, 4) is 0 Å². The SMILES string of the molecule is CCCNC(Cc1csc2ccccc12)c1coc(C)c1. The van der Waals surface area contributed by atoms with E-state index in [1.807, 2.05) is 24.5 Å². The lowest BCUT2D eigenvalue weighted by molar-refractivity contribution is 0.504. The van der Waals surface area contributed by atoms with E-state index < -0.39 is 0 Å². The predicted molar refractivity (Wildman–Crippen MR) is 90.0 cm³/mol. The zero-order valence-corrected chi connectivity index (χ0v) is 13.4. The van der Waals surface area contributed by atoms with Crippen molar-refractivity contribution in [2.45, 2.75) is 32.7 Å². The first kappa shape index (κ1) is 14.4. The maximum absolute atomic E-state index is 5.49.